The van der Waals surface area contributed by atoms with Gasteiger partial charge >= 0.3 is 5.97 Å². The first-order valence-electron chi connectivity index (χ1n) is 15.4. The van der Waals surface area contributed by atoms with Crippen molar-refractivity contribution in [3.05, 3.63) is 25.3 Å². The van der Waals surface area contributed by atoms with E-state index >= 15 is 4.79 Å². The standard InChI is InChI=1S/C33H54N2O5S/c1-11-14-15-17-40-30(39)25-24-18-22(5)33(41-24)26(25)28(37)35(23(19-36)21(4)13-3)27(33)29(38)34(16-12-2)32(9,10)20-31(6,7)8/h11-12,21-27,36H,1-2,13-20H2,3-10H3/t21-,22?,23-,24-,25+,26-,27?,33?/m0/s1. The van der Waals surface area contributed by atoms with E-state index in [1.807, 2.05) is 18.7 Å². The van der Waals surface area contributed by atoms with Crippen LogP contribution in [0.25, 0.3) is 0 Å². The smallest absolute Gasteiger partial charge is 0.310 e. The molecule has 0 aliphatic carbocycles. The van der Waals surface area contributed by atoms with Gasteiger partial charge < -0.3 is 19.6 Å². The molecule has 41 heavy (non-hydrogen) atoms. The van der Waals surface area contributed by atoms with E-state index < -0.39 is 34.2 Å². The number of fused-ring (bicyclic) bond motifs is 1. The highest BCUT2D eigenvalue weighted by atomic mass is 32.2. The van der Waals surface area contributed by atoms with Crippen LogP contribution in [0.15, 0.2) is 25.3 Å². The number of nitrogens with zero attached hydrogens (tertiary/aromatic N) is 2. The SMILES string of the molecule is C=CCCCOC(=O)[C@@H]1[C@@H]2CC(C)C3(S2)C(C(=O)N(CC=C)C(C)(C)CC(C)(C)C)N([C@@H](CO)[C@@H](C)CC)C(=O)[C@H]13. The predicted molar refractivity (Wildman–Crippen MR) is 166 cm³/mol. The number of hydrogen-bond acceptors (Lipinski definition) is 6. The van der Waals surface area contributed by atoms with Gasteiger partial charge in [-0.2, -0.15) is 0 Å². The number of hydrogen-bond donors (Lipinski definition) is 1. The van der Waals surface area contributed by atoms with E-state index in [4.69, 9.17) is 4.74 Å². The summed E-state index contributed by atoms with van der Waals surface area (Å²) in [5.41, 5.74) is -0.542. The van der Waals surface area contributed by atoms with Crippen molar-refractivity contribution in [2.75, 3.05) is 19.8 Å². The Morgan fingerprint density at radius 1 is 1.24 bits per heavy atom. The molecule has 0 radical (unpaired) electrons. The van der Waals surface area contributed by atoms with E-state index in [2.05, 4.69) is 54.7 Å². The summed E-state index contributed by atoms with van der Waals surface area (Å²) >= 11 is 1.65. The number of carbonyl (C=O) groups is 3. The lowest BCUT2D eigenvalue weighted by atomic mass is 9.66. The summed E-state index contributed by atoms with van der Waals surface area (Å²) < 4.78 is 4.96. The molecule has 2 amide bonds. The van der Waals surface area contributed by atoms with Crippen molar-refractivity contribution in [2.24, 2.45) is 29.1 Å². The Balaban J connectivity index is 2.14. The van der Waals surface area contributed by atoms with Crippen LogP contribution < -0.4 is 0 Å². The number of aliphatic hydroxyl groups is 1. The Kier molecular flexibility index (Phi) is 10.5. The van der Waals surface area contributed by atoms with Gasteiger partial charge in [0.1, 0.15) is 6.04 Å². The molecule has 232 valence electrons. The number of thioether (sulfide) groups is 1. The van der Waals surface area contributed by atoms with Gasteiger partial charge in [-0.3, -0.25) is 14.4 Å². The zero-order chi connectivity index (χ0) is 30.9. The van der Waals surface area contributed by atoms with Crippen LogP contribution in [0, 0.1) is 29.1 Å². The van der Waals surface area contributed by atoms with Crippen molar-refractivity contribution >= 4 is 29.5 Å². The number of ether oxygens (including phenoxy) is 1. The van der Waals surface area contributed by atoms with Crippen molar-refractivity contribution in [1.29, 1.82) is 0 Å². The number of amides is 2. The fraction of sp³-hybridized carbons (Fsp3) is 0.788. The van der Waals surface area contributed by atoms with E-state index in [1.165, 1.54) is 0 Å². The second-order valence-electron chi connectivity index (χ2n) is 14.3. The van der Waals surface area contributed by atoms with Gasteiger partial charge in [0.2, 0.25) is 11.8 Å². The predicted octanol–water partition coefficient (Wildman–Crippen LogP) is 5.47. The van der Waals surface area contributed by atoms with Crippen LogP contribution in [-0.2, 0) is 19.1 Å². The maximum absolute atomic E-state index is 15.0. The molecule has 3 rings (SSSR count). The molecule has 3 heterocycles. The monoisotopic (exact) mass is 590 g/mol. The van der Waals surface area contributed by atoms with E-state index in [0.29, 0.717) is 13.0 Å². The number of rotatable bonds is 14. The first-order chi connectivity index (χ1) is 19.1. The molecule has 0 aromatic rings. The highest BCUT2D eigenvalue weighted by Crippen LogP contribution is 2.69. The maximum atomic E-state index is 15.0. The minimum Gasteiger partial charge on any atom is -0.465 e. The Hall–Kier alpha value is -1.80. The molecule has 2 bridgehead atoms. The van der Waals surface area contributed by atoms with Gasteiger partial charge in [0.25, 0.3) is 0 Å². The molecular weight excluding hydrogens is 536 g/mol. The second kappa shape index (κ2) is 12.8. The maximum Gasteiger partial charge on any atom is 0.310 e. The number of allylic oxidation sites excluding steroid dienone is 1. The quantitative estimate of drug-likeness (QED) is 0.164. The van der Waals surface area contributed by atoms with Crippen LogP contribution in [-0.4, -0.2) is 80.1 Å². The van der Waals surface area contributed by atoms with Crippen molar-refractivity contribution in [1.82, 2.24) is 9.80 Å². The largest absolute Gasteiger partial charge is 0.465 e. The van der Waals surface area contributed by atoms with Gasteiger partial charge in [-0.1, -0.05) is 60.1 Å². The van der Waals surface area contributed by atoms with Gasteiger partial charge in [-0.15, -0.1) is 24.9 Å². The first kappa shape index (κ1) is 33.7. The summed E-state index contributed by atoms with van der Waals surface area (Å²) in [6, 6.07) is -1.30. The lowest BCUT2D eigenvalue weighted by Crippen LogP contribution is -2.63. The Bertz CT molecular complexity index is 1010. The molecule has 8 atom stereocenters. The van der Waals surface area contributed by atoms with Gasteiger partial charge in [-0.05, 0) is 56.8 Å². The minimum atomic E-state index is -0.783. The van der Waals surface area contributed by atoms with Crippen molar-refractivity contribution in [3.63, 3.8) is 0 Å². The average molecular weight is 591 g/mol. The fourth-order valence-corrected chi connectivity index (χ4v) is 10.4. The number of aliphatic hydroxyl groups excluding tert-OH is 1. The summed E-state index contributed by atoms with van der Waals surface area (Å²) in [5.74, 6) is -1.88. The third-order valence-corrected chi connectivity index (χ3v) is 11.7. The number of likely N-dealkylation sites (tertiary alicyclic amines) is 1. The highest BCUT2D eigenvalue weighted by molar-refractivity contribution is 8.02. The summed E-state index contributed by atoms with van der Waals surface area (Å²) in [6.07, 6.45) is 7.25. The van der Waals surface area contributed by atoms with Crippen molar-refractivity contribution in [2.45, 2.75) is 115 Å². The van der Waals surface area contributed by atoms with Gasteiger partial charge in [0, 0.05) is 17.3 Å². The molecule has 0 saturated carbocycles. The fourth-order valence-electron chi connectivity index (χ4n) is 7.98. The summed E-state index contributed by atoms with van der Waals surface area (Å²) in [6.45, 7) is 24.9. The number of carbonyl (C=O) groups excluding carboxylic acids is 3. The Morgan fingerprint density at radius 2 is 1.90 bits per heavy atom. The molecule has 0 aromatic heterocycles. The lowest BCUT2D eigenvalue weighted by molar-refractivity contribution is -0.155. The molecule has 0 aromatic carbocycles. The van der Waals surface area contributed by atoms with Gasteiger partial charge in [-0.25, -0.2) is 0 Å². The minimum absolute atomic E-state index is 0.0215. The molecule has 1 N–H and O–H groups in total. The third-order valence-electron chi connectivity index (χ3n) is 9.60. The molecule has 8 heteroatoms. The van der Waals surface area contributed by atoms with E-state index in [9.17, 15) is 14.7 Å². The summed E-state index contributed by atoms with van der Waals surface area (Å²) in [5, 5.41) is 10.6. The molecule has 3 aliphatic rings. The third kappa shape index (κ3) is 6.15. The normalized spacial score (nSPS) is 30.6. The van der Waals surface area contributed by atoms with Gasteiger partial charge in [0.15, 0.2) is 0 Å². The molecule has 3 unspecified atom stereocenters. The Morgan fingerprint density at radius 3 is 2.44 bits per heavy atom. The lowest BCUT2D eigenvalue weighted by Gasteiger charge is -2.48. The van der Waals surface area contributed by atoms with Crippen LogP contribution >= 0.6 is 11.8 Å². The van der Waals surface area contributed by atoms with Crippen LogP contribution in [0.2, 0.25) is 0 Å². The van der Waals surface area contributed by atoms with Crippen LogP contribution in [0.4, 0.5) is 0 Å². The molecule has 3 aliphatic heterocycles. The van der Waals surface area contributed by atoms with E-state index in [1.54, 1.807) is 28.8 Å². The van der Waals surface area contributed by atoms with Gasteiger partial charge in [0.05, 0.1) is 35.8 Å². The first-order valence-corrected chi connectivity index (χ1v) is 16.3. The van der Waals surface area contributed by atoms with Crippen molar-refractivity contribution in [3.8, 4) is 0 Å². The van der Waals surface area contributed by atoms with Crippen LogP contribution in [0.3, 0.4) is 0 Å². The molecule has 3 saturated heterocycles. The van der Waals surface area contributed by atoms with E-state index in [0.717, 1.165) is 25.7 Å². The number of esters is 1. The molecule has 7 nitrogen and oxygen atoms in total. The highest BCUT2D eigenvalue weighted by Gasteiger charge is 2.77. The summed E-state index contributed by atoms with van der Waals surface area (Å²) in [7, 11) is 0. The average Bonchev–Trinajstić information content (AvgIpc) is 3.47. The van der Waals surface area contributed by atoms with Crippen LogP contribution in [0.5, 0.6) is 0 Å². The van der Waals surface area contributed by atoms with E-state index in [-0.39, 0.29) is 53.5 Å². The topological polar surface area (TPSA) is 87.2 Å². The van der Waals surface area contributed by atoms with Crippen molar-refractivity contribution < 1.29 is 24.2 Å². The zero-order valence-corrected chi connectivity index (χ0v) is 27.5. The molecular formula is C33H54N2O5S. The zero-order valence-electron chi connectivity index (χ0n) is 26.7. The molecule has 1 spiro atoms. The van der Waals surface area contributed by atoms with Crippen LogP contribution in [0.1, 0.15) is 87.5 Å². The number of unbranched alkanes of at least 4 members (excludes halogenated alkanes) is 1. The Labute approximate surface area is 252 Å². The second-order valence-corrected chi connectivity index (χ2v) is 15.9. The summed E-state index contributed by atoms with van der Waals surface area (Å²) in [4.78, 5) is 46.8. The molecule has 3 fully saturated rings.